The van der Waals surface area contributed by atoms with Crippen molar-refractivity contribution in [1.82, 2.24) is 9.88 Å². The lowest BCUT2D eigenvalue weighted by molar-refractivity contribution is -0.220. The van der Waals surface area contributed by atoms with Crippen molar-refractivity contribution in [2.24, 2.45) is 10.8 Å². The van der Waals surface area contributed by atoms with Crippen molar-refractivity contribution in [3.63, 3.8) is 0 Å². The lowest BCUT2D eigenvalue weighted by Gasteiger charge is -2.34. The number of carbonyl (C=O) groups is 1. The standard InChI is InChI=1S/C18H18BrF3N2O2/c19-12-7-23-6-11-13-5-10(26-14(11)12)8-24(13)15(25)16-1-3-17(9-16,4-2-16)18(20,21)22/h6-7,10,13H,1-5,8-9H2/t10-,13-,16?,17?/m0/s1. The molecule has 2 aliphatic heterocycles. The molecule has 4 nitrogen and oxygen atoms in total. The minimum atomic E-state index is -4.23. The Hall–Kier alpha value is -1.31. The van der Waals surface area contributed by atoms with Crippen molar-refractivity contribution in [2.75, 3.05) is 6.54 Å². The fraction of sp³-hybridized carbons (Fsp3) is 0.667. The summed E-state index contributed by atoms with van der Waals surface area (Å²) in [4.78, 5) is 19.4. The summed E-state index contributed by atoms with van der Waals surface area (Å²) in [6.45, 7) is 0.436. The molecule has 2 aliphatic carbocycles. The van der Waals surface area contributed by atoms with Crippen LogP contribution in [0.3, 0.4) is 0 Å². The van der Waals surface area contributed by atoms with E-state index in [1.165, 1.54) is 0 Å². The fourth-order valence-corrected chi connectivity index (χ4v) is 6.00. The maximum atomic E-state index is 13.6. The SMILES string of the molecule is O=C(N1C[C@@H]2C[C@H]1c1cncc(Br)c1O2)C12CCC(C(F)(F)F)(CC1)C2. The van der Waals surface area contributed by atoms with Crippen molar-refractivity contribution in [3.8, 4) is 5.75 Å². The van der Waals surface area contributed by atoms with Gasteiger partial charge in [0.05, 0.1) is 27.9 Å². The molecule has 0 unspecified atom stereocenters. The highest BCUT2D eigenvalue weighted by Crippen LogP contribution is 2.68. The van der Waals surface area contributed by atoms with Crippen molar-refractivity contribution in [2.45, 2.75) is 56.8 Å². The van der Waals surface area contributed by atoms with Crippen molar-refractivity contribution < 1.29 is 22.7 Å². The third-order valence-corrected chi connectivity index (χ3v) is 7.51. The van der Waals surface area contributed by atoms with Gasteiger partial charge < -0.3 is 9.64 Å². The number of aromatic nitrogens is 1. The molecule has 1 aromatic heterocycles. The molecule has 4 bridgehead atoms. The Morgan fingerprint density at radius 3 is 2.65 bits per heavy atom. The predicted octanol–water partition coefficient (Wildman–Crippen LogP) is 4.39. The molecule has 8 heteroatoms. The van der Waals surface area contributed by atoms with Crippen LogP contribution in [0.25, 0.3) is 0 Å². The first-order valence-corrected chi connectivity index (χ1v) is 9.72. The Labute approximate surface area is 157 Å². The molecule has 1 saturated heterocycles. The Kier molecular flexibility index (Phi) is 3.33. The van der Waals surface area contributed by atoms with Gasteiger partial charge >= 0.3 is 6.18 Å². The van der Waals surface area contributed by atoms with E-state index in [4.69, 9.17) is 4.74 Å². The van der Waals surface area contributed by atoms with Crippen molar-refractivity contribution >= 4 is 21.8 Å². The summed E-state index contributed by atoms with van der Waals surface area (Å²) in [5, 5.41) is 0. The lowest BCUT2D eigenvalue weighted by atomic mass is 9.81. The number of nitrogens with zero attached hydrogens (tertiary/aromatic N) is 2. The van der Waals surface area contributed by atoms with Crippen LogP contribution in [0.4, 0.5) is 13.2 Å². The molecule has 1 amide bonds. The zero-order valence-electron chi connectivity index (χ0n) is 14.0. The number of fused-ring (bicyclic) bond motifs is 6. The van der Waals surface area contributed by atoms with Crippen LogP contribution in [0.5, 0.6) is 5.75 Å². The Morgan fingerprint density at radius 1 is 1.27 bits per heavy atom. The van der Waals surface area contributed by atoms with Gasteiger partial charge in [0.15, 0.2) is 0 Å². The molecule has 1 aromatic rings. The lowest BCUT2D eigenvalue weighted by Crippen LogP contribution is -2.41. The van der Waals surface area contributed by atoms with E-state index in [9.17, 15) is 18.0 Å². The molecule has 0 radical (unpaired) electrons. The van der Waals surface area contributed by atoms with Crippen LogP contribution in [0.2, 0.25) is 0 Å². The fourth-order valence-electron chi connectivity index (χ4n) is 5.55. The molecule has 2 atom stereocenters. The number of hydrogen-bond acceptors (Lipinski definition) is 3. The monoisotopic (exact) mass is 430 g/mol. The molecule has 3 heterocycles. The van der Waals surface area contributed by atoms with E-state index >= 15 is 0 Å². The minimum absolute atomic E-state index is 0.0549. The highest BCUT2D eigenvalue weighted by molar-refractivity contribution is 9.10. The average molecular weight is 431 g/mol. The van der Waals surface area contributed by atoms with E-state index in [0.29, 0.717) is 31.6 Å². The minimum Gasteiger partial charge on any atom is -0.487 e. The van der Waals surface area contributed by atoms with Gasteiger partial charge in [-0.25, -0.2) is 0 Å². The van der Waals surface area contributed by atoms with Gasteiger partial charge in [0.2, 0.25) is 5.91 Å². The first kappa shape index (κ1) is 16.8. The quantitative estimate of drug-likeness (QED) is 0.663. The van der Waals surface area contributed by atoms with Crippen molar-refractivity contribution in [1.29, 1.82) is 0 Å². The molecule has 5 rings (SSSR count). The Balaban J connectivity index is 1.46. The zero-order valence-corrected chi connectivity index (χ0v) is 15.6. The maximum absolute atomic E-state index is 13.6. The number of alkyl halides is 3. The number of hydrogen-bond donors (Lipinski definition) is 0. The van der Waals surface area contributed by atoms with Gasteiger partial charge in [0.1, 0.15) is 11.9 Å². The molecular formula is C18H18BrF3N2O2. The van der Waals surface area contributed by atoms with Gasteiger partial charge in [-0.3, -0.25) is 9.78 Å². The second kappa shape index (κ2) is 5.14. The first-order chi connectivity index (χ1) is 12.2. The molecule has 0 aromatic carbocycles. The Morgan fingerprint density at radius 2 is 2.00 bits per heavy atom. The number of likely N-dealkylation sites (tertiary alicyclic amines) is 1. The topological polar surface area (TPSA) is 42.4 Å². The van der Waals surface area contributed by atoms with Crippen LogP contribution in [0.1, 0.15) is 50.1 Å². The second-order valence-electron chi connectivity index (χ2n) is 8.22. The number of ether oxygens (including phenoxy) is 1. The second-order valence-corrected chi connectivity index (χ2v) is 9.08. The highest BCUT2D eigenvalue weighted by Gasteiger charge is 2.69. The average Bonchev–Trinajstić information content (AvgIpc) is 3.27. The van der Waals surface area contributed by atoms with Gasteiger partial charge in [-0.05, 0) is 48.0 Å². The van der Waals surface area contributed by atoms with Crippen LogP contribution in [-0.4, -0.2) is 34.6 Å². The molecule has 3 fully saturated rings. The summed E-state index contributed by atoms with van der Waals surface area (Å²) in [6, 6.07) is -0.155. The first-order valence-electron chi connectivity index (χ1n) is 8.93. The van der Waals surface area contributed by atoms with Crippen LogP contribution in [-0.2, 0) is 4.79 Å². The summed E-state index contributed by atoms with van der Waals surface area (Å²) in [7, 11) is 0. The van der Waals surface area contributed by atoms with E-state index < -0.39 is 17.0 Å². The van der Waals surface area contributed by atoms with Crippen LogP contribution < -0.4 is 4.74 Å². The maximum Gasteiger partial charge on any atom is 0.394 e. The van der Waals surface area contributed by atoms with E-state index in [-0.39, 0.29) is 37.3 Å². The van der Waals surface area contributed by atoms with Crippen LogP contribution in [0.15, 0.2) is 16.9 Å². The molecule has 2 saturated carbocycles. The largest absolute Gasteiger partial charge is 0.487 e. The molecule has 140 valence electrons. The van der Waals surface area contributed by atoms with Gasteiger partial charge in [0, 0.05) is 24.4 Å². The third-order valence-electron chi connectivity index (χ3n) is 6.94. The van der Waals surface area contributed by atoms with Crippen LogP contribution >= 0.6 is 15.9 Å². The van der Waals surface area contributed by atoms with E-state index in [1.807, 2.05) is 0 Å². The van der Waals surface area contributed by atoms with E-state index in [1.54, 1.807) is 17.3 Å². The normalized spacial score (nSPS) is 37.6. The van der Waals surface area contributed by atoms with Gasteiger partial charge in [0.25, 0.3) is 0 Å². The van der Waals surface area contributed by atoms with Gasteiger partial charge in [-0.2, -0.15) is 13.2 Å². The number of amides is 1. The zero-order chi connectivity index (χ0) is 18.3. The number of pyridine rings is 1. The number of halogens is 4. The molecule has 0 spiro atoms. The summed E-state index contributed by atoms with van der Waals surface area (Å²) in [5.74, 6) is 0.585. The number of rotatable bonds is 1. The molecule has 0 N–H and O–H groups in total. The summed E-state index contributed by atoms with van der Waals surface area (Å²) in [5.41, 5.74) is -1.67. The molecule has 26 heavy (non-hydrogen) atoms. The highest BCUT2D eigenvalue weighted by atomic mass is 79.9. The van der Waals surface area contributed by atoms with E-state index in [0.717, 1.165) is 10.0 Å². The Bertz CT molecular complexity index is 789. The van der Waals surface area contributed by atoms with Crippen LogP contribution in [0, 0.1) is 10.8 Å². The summed E-state index contributed by atoms with van der Waals surface area (Å²) >= 11 is 3.43. The summed E-state index contributed by atoms with van der Waals surface area (Å²) in [6.07, 6.45) is 0.465. The van der Waals surface area contributed by atoms with Crippen molar-refractivity contribution in [3.05, 3.63) is 22.4 Å². The predicted molar refractivity (Wildman–Crippen MR) is 89.4 cm³/mol. The van der Waals surface area contributed by atoms with Gasteiger partial charge in [-0.1, -0.05) is 0 Å². The summed E-state index contributed by atoms with van der Waals surface area (Å²) < 4.78 is 47.4. The van der Waals surface area contributed by atoms with E-state index in [2.05, 4.69) is 20.9 Å². The smallest absolute Gasteiger partial charge is 0.394 e. The van der Waals surface area contributed by atoms with Gasteiger partial charge in [-0.15, -0.1) is 0 Å². The third kappa shape index (κ3) is 2.08. The number of carbonyl (C=O) groups excluding carboxylic acids is 1. The molecule has 4 aliphatic rings. The molecular weight excluding hydrogens is 413 g/mol.